The van der Waals surface area contributed by atoms with E-state index in [4.69, 9.17) is 4.42 Å². The Hall–Kier alpha value is -2.29. The maximum absolute atomic E-state index is 12.0. The average molecular weight is 330 g/mol. The minimum Gasteiger partial charge on any atom is -0.388 e. The van der Waals surface area contributed by atoms with Gasteiger partial charge in [0.1, 0.15) is 0 Å². The molecule has 1 aromatic heterocycles. The molecule has 0 unspecified atom stereocenters. The lowest BCUT2D eigenvalue weighted by atomic mass is 10.2. The van der Waals surface area contributed by atoms with Gasteiger partial charge in [0.25, 0.3) is 12.0 Å². The fourth-order valence-corrected chi connectivity index (χ4v) is 2.70. The van der Waals surface area contributed by atoms with Crippen LogP contribution in [0.2, 0.25) is 0 Å². The zero-order valence-electron chi connectivity index (χ0n) is 11.5. The van der Waals surface area contributed by atoms with E-state index in [1.165, 1.54) is 18.2 Å². The minimum absolute atomic E-state index is 0.0295. The SMILES string of the molecule is CS(=O)(=O)c1ccccc1-c1nn(CCC=C(F)F)c(=O)o1. The zero-order chi connectivity index (χ0) is 16.3. The molecular weight excluding hydrogens is 318 g/mol. The number of rotatable bonds is 5. The maximum atomic E-state index is 12.0. The van der Waals surface area contributed by atoms with Crippen LogP contribution in [0.25, 0.3) is 11.5 Å². The molecule has 0 spiro atoms. The molecule has 9 heteroatoms. The molecule has 0 aliphatic carbocycles. The molecule has 2 aromatic rings. The lowest BCUT2D eigenvalue weighted by molar-refractivity contribution is 0.413. The van der Waals surface area contributed by atoms with Gasteiger partial charge in [-0.3, -0.25) is 0 Å². The standard InChI is InChI=1S/C13H12F2N2O4S/c1-22(19,20)10-6-3-2-5-9(10)12-16-17(13(18)21-12)8-4-7-11(14)15/h2-3,5-7H,4,8H2,1H3. The van der Waals surface area contributed by atoms with Crippen LogP contribution in [0.4, 0.5) is 8.78 Å². The Morgan fingerprint density at radius 2 is 2.05 bits per heavy atom. The summed E-state index contributed by atoms with van der Waals surface area (Å²) in [7, 11) is -3.53. The molecule has 0 aliphatic heterocycles. The maximum Gasteiger partial charge on any atom is 0.437 e. The van der Waals surface area contributed by atoms with E-state index in [1.807, 2.05) is 0 Å². The number of sulfone groups is 1. The number of aryl methyl sites for hydroxylation is 1. The number of aromatic nitrogens is 2. The van der Waals surface area contributed by atoms with E-state index >= 15 is 0 Å². The highest BCUT2D eigenvalue weighted by Gasteiger charge is 2.19. The van der Waals surface area contributed by atoms with Gasteiger partial charge in [-0.2, -0.15) is 13.5 Å². The van der Waals surface area contributed by atoms with Crippen LogP contribution in [0.15, 0.2) is 50.5 Å². The number of nitrogens with zero attached hydrogens (tertiary/aromatic N) is 2. The van der Waals surface area contributed by atoms with Crippen molar-refractivity contribution in [3.63, 3.8) is 0 Å². The Morgan fingerprint density at radius 3 is 2.68 bits per heavy atom. The van der Waals surface area contributed by atoms with Crippen molar-refractivity contribution in [2.45, 2.75) is 17.9 Å². The molecule has 0 fully saturated rings. The van der Waals surface area contributed by atoms with E-state index in [0.29, 0.717) is 6.08 Å². The van der Waals surface area contributed by atoms with E-state index < -0.39 is 21.7 Å². The molecule has 0 saturated carbocycles. The monoisotopic (exact) mass is 330 g/mol. The molecule has 0 bridgehead atoms. The third kappa shape index (κ3) is 3.67. The Labute approximate surface area is 124 Å². The Morgan fingerprint density at radius 1 is 1.36 bits per heavy atom. The third-order valence-corrected chi connectivity index (χ3v) is 3.92. The van der Waals surface area contributed by atoms with Gasteiger partial charge in [0.2, 0.25) is 0 Å². The van der Waals surface area contributed by atoms with Crippen molar-refractivity contribution in [2.24, 2.45) is 0 Å². The van der Waals surface area contributed by atoms with Gasteiger partial charge in [0.15, 0.2) is 9.84 Å². The van der Waals surface area contributed by atoms with Crippen molar-refractivity contribution < 1.29 is 21.6 Å². The summed E-state index contributed by atoms with van der Waals surface area (Å²) in [6.45, 7) is -0.0965. The van der Waals surface area contributed by atoms with Crippen LogP contribution in [0.3, 0.4) is 0 Å². The summed E-state index contributed by atoms with van der Waals surface area (Å²) in [4.78, 5) is 11.6. The highest BCUT2D eigenvalue weighted by molar-refractivity contribution is 7.90. The van der Waals surface area contributed by atoms with Crippen LogP contribution in [0, 0.1) is 0 Å². The molecule has 0 aliphatic rings. The minimum atomic E-state index is -3.53. The van der Waals surface area contributed by atoms with Crippen molar-refractivity contribution in [3.8, 4) is 11.5 Å². The van der Waals surface area contributed by atoms with Crippen molar-refractivity contribution in [1.82, 2.24) is 9.78 Å². The molecule has 0 amide bonds. The molecule has 118 valence electrons. The molecule has 0 saturated heterocycles. The highest BCUT2D eigenvalue weighted by Crippen LogP contribution is 2.24. The van der Waals surface area contributed by atoms with Crippen molar-refractivity contribution in [1.29, 1.82) is 0 Å². The van der Waals surface area contributed by atoms with Gasteiger partial charge < -0.3 is 4.42 Å². The molecule has 22 heavy (non-hydrogen) atoms. The van der Waals surface area contributed by atoms with Crippen LogP contribution in [0.1, 0.15) is 6.42 Å². The second-order valence-corrected chi connectivity index (χ2v) is 6.43. The first-order valence-electron chi connectivity index (χ1n) is 6.17. The first-order valence-corrected chi connectivity index (χ1v) is 8.07. The normalized spacial score (nSPS) is 11.4. The molecule has 1 heterocycles. The predicted octanol–water partition coefficient (Wildman–Crippen LogP) is 2.08. The zero-order valence-corrected chi connectivity index (χ0v) is 12.3. The average Bonchev–Trinajstić information content (AvgIpc) is 2.79. The van der Waals surface area contributed by atoms with Crippen LogP contribution < -0.4 is 5.76 Å². The molecule has 0 atom stereocenters. The van der Waals surface area contributed by atoms with Gasteiger partial charge >= 0.3 is 5.76 Å². The smallest absolute Gasteiger partial charge is 0.388 e. The first-order chi connectivity index (χ1) is 10.3. The van der Waals surface area contributed by atoms with E-state index in [1.54, 1.807) is 6.07 Å². The Kier molecular flexibility index (Phi) is 4.55. The van der Waals surface area contributed by atoms with E-state index in [-0.39, 0.29) is 29.3 Å². The van der Waals surface area contributed by atoms with Gasteiger partial charge in [-0.15, -0.1) is 5.10 Å². The van der Waals surface area contributed by atoms with Gasteiger partial charge in [-0.1, -0.05) is 12.1 Å². The summed E-state index contributed by atoms with van der Waals surface area (Å²) >= 11 is 0. The van der Waals surface area contributed by atoms with Gasteiger partial charge in [-0.25, -0.2) is 13.2 Å². The van der Waals surface area contributed by atoms with Crippen LogP contribution in [-0.4, -0.2) is 24.5 Å². The first kappa shape index (κ1) is 16.1. The summed E-state index contributed by atoms with van der Waals surface area (Å²) < 4.78 is 53.1. The topological polar surface area (TPSA) is 82.2 Å². The predicted molar refractivity (Wildman–Crippen MR) is 74.2 cm³/mol. The number of hydrogen-bond acceptors (Lipinski definition) is 5. The van der Waals surface area contributed by atoms with Gasteiger partial charge in [0, 0.05) is 6.26 Å². The van der Waals surface area contributed by atoms with Crippen molar-refractivity contribution in [2.75, 3.05) is 6.26 Å². The lowest BCUT2D eigenvalue weighted by Crippen LogP contribution is -2.15. The van der Waals surface area contributed by atoms with Gasteiger partial charge in [-0.05, 0) is 24.6 Å². The summed E-state index contributed by atoms with van der Waals surface area (Å²) in [6.07, 6.45) is -0.262. The Balaban J connectivity index is 2.40. The summed E-state index contributed by atoms with van der Waals surface area (Å²) in [5.74, 6) is -1.01. The molecule has 6 nitrogen and oxygen atoms in total. The fraction of sp³-hybridized carbons (Fsp3) is 0.231. The summed E-state index contributed by atoms with van der Waals surface area (Å²) in [6, 6.07) is 5.92. The number of allylic oxidation sites excluding steroid dienone is 1. The number of hydrogen-bond donors (Lipinski definition) is 0. The molecule has 1 aromatic carbocycles. The number of benzene rings is 1. The van der Waals surface area contributed by atoms with Crippen molar-refractivity contribution in [3.05, 3.63) is 47.0 Å². The van der Waals surface area contributed by atoms with E-state index in [2.05, 4.69) is 5.10 Å². The van der Waals surface area contributed by atoms with Gasteiger partial charge in [0.05, 0.1) is 17.0 Å². The van der Waals surface area contributed by atoms with E-state index in [0.717, 1.165) is 10.9 Å². The molecule has 2 rings (SSSR count). The van der Waals surface area contributed by atoms with E-state index in [9.17, 15) is 22.0 Å². The van der Waals surface area contributed by atoms with Crippen molar-refractivity contribution >= 4 is 9.84 Å². The molecule has 0 N–H and O–H groups in total. The fourth-order valence-electron chi connectivity index (χ4n) is 1.82. The molecular formula is C13H12F2N2O4S. The number of halogens is 2. The van der Waals surface area contributed by atoms with Crippen LogP contribution in [0.5, 0.6) is 0 Å². The Bertz CT molecular complexity index is 864. The second-order valence-electron chi connectivity index (χ2n) is 4.45. The summed E-state index contributed by atoms with van der Waals surface area (Å²) in [5, 5.41) is 3.85. The second kappa shape index (κ2) is 6.22. The van der Waals surface area contributed by atoms with Crippen LogP contribution >= 0.6 is 0 Å². The quantitative estimate of drug-likeness (QED) is 0.838. The largest absolute Gasteiger partial charge is 0.437 e. The lowest BCUT2D eigenvalue weighted by Gasteiger charge is -2.02. The summed E-state index contributed by atoms with van der Waals surface area (Å²) in [5.41, 5.74) is 0.146. The third-order valence-electron chi connectivity index (χ3n) is 2.76. The molecule has 0 radical (unpaired) electrons. The van der Waals surface area contributed by atoms with Crippen LogP contribution in [-0.2, 0) is 16.4 Å². The highest BCUT2D eigenvalue weighted by atomic mass is 32.2.